The third-order valence-corrected chi connectivity index (χ3v) is 4.44. The zero-order valence-corrected chi connectivity index (χ0v) is 13.7. The van der Waals surface area contributed by atoms with Crippen molar-refractivity contribution in [3.8, 4) is 0 Å². The Kier molecular flexibility index (Phi) is 5.63. The van der Waals surface area contributed by atoms with Crippen LogP contribution >= 0.6 is 0 Å². The van der Waals surface area contributed by atoms with Gasteiger partial charge in [-0.3, -0.25) is 4.79 Å². The molecule has 8 heteroatoms. The molecule has 0 unspecified atom stereocenters. The number of sulfonamides is 1. The van der Waals surface area contributed by atoms with Crippen molar-refractivity contribution in [2.75, 3.05) is 18.1 Å². The van der Waals surface area contributed by atoms with Crippen molar-refractivity contribution in [1.29, 1.82) is 0 Å². The second kappa shape index (κ2) is 7.50. The summed E-state index contributed by atoms with van der Waals surface area (Å²) in [6, 6.07) is 11.2. The molecule has 0 heterocycles. The highest BCUT2D eigenvalue weighted by molar-refractivity contribution is 7.88. The summed E-state index contributed by atoms with van der Waals surface area (Å²) in [5.41, 5.74) is 0.0865. The van der Waals surface area contributed by atoms with Crippen molar-refractivity contribution in [3.63, 3.8) is 0 Å². The molecule has 1 N–H and O–H groups in total. The lowest BCUT2D eigenvalue weighted by molar-refractivity contribution is -0.116. The van der Waals surface area contributed by atoms with Gasteiger partial charge in [-0.15, -0.1) is 0 Å². The van der Waals surface area contributed by atoms with E-state index >= 15 is 0 Å². The van der Waals surface area contributed by atoms with Crippen molar-refractivity contribution in [2.45, 2.75) is 6.54 Å². The number of anilines is 1. The predicted molar refractivity (Wildman–Crippen MR) is 86.7 cm³/mol. The van der Waals surface area contributed by atoms with Crippen LogP contribution in [0.3, 0.4) is 0 Å². The molecular formula is C16H16F2N2O3S. The number of para-hydroxylation sites is 1. The fourth-order valence-electron chi connectivity index (χ4n) is 2.02. The molecule has 24 heavy (non-hydrogen) atoms. The van der Waals surface area contributed by atoms with Crippen LogP contribution in [0.4, 0.5) is 14.5 Å². The molecule has 1 amide bonds. The van der Waals surface area contributed by atoms with E-state index in [1.807, 2.05) is 0 Å². The molecule has 0 spiro atoms. The molecule has 0 aromatic heterocycles. The van der Waals surface area contributed by atoms with E-state index in [4.69, 9.17) is 0 Å². The lowest BCUT2D eigenvalue weighted by Gasteiger charge is -2.20. The van der Waals surface area contributed by atoms with E-state index < -0.39 is 34.1 Å². The highest BCUT2D eigenvalue weighted by Crippen LogP contribution is 2.15. The van der Waals surface area contributed by atoms with Gasteiger partial charge in [0.15, 0.2) is 0 Å². The molecule has 0 atom stereocenters. The first-order valence-electron chi connectivity index (χ1n) is 7.00. The normalized spacial score (nSPS) is 11.5. The van der Waals surface area contributed by atoms with E-state index in [2.05, 4.69) is 5.32 Å². The summed E-state index contributed by atoms with van der Waals surface area (Å²) < 4.78 is 51.8. The van der Waals surface area contributed by atoms with Crippen LogP contribution in [0.15, 0.2) is 48.5 Å². The van der Waals surface area contributed by atoms with Gasteiger partial charge in [0, 0.05) is 12.1 Å². The maximum absolute atomic E-state index is 13.7. The van der Waals surface area contributed by atoms with E-state index in [9.17, 15) is 22.0 Å². The quantitative estimate of drug-likeness (QED) is 0.866. The van der Waals surface area contributed by atoms with Crippen LogP contribution in [0.5, 0.6) is 0 Å². The smallest absolute Gasteiger partial charge is 0.239 e. The third kappa shape index (κ3) is 4.84. The topological polar surface area (TPSA) is 66.5 Å². The number of carbonyl (C=O) groups excluding carboxylic acids is 1. The molecular weight excluding hydrogens is 338 g/mol. The Hall–Kier alpha value is -2.32. The molecule has 0 saturated carbocycles. The summed E-state index contributed by atoms with van der Waals surface area (Å²) >= 11 is 0. The predicted octanol–water partition coefficient (Wildman–Crippen LogP) is 2.37. The van der Waals surface area contributed by atoms with Crippen molar-refractivity contribution in [1.82, 2.24) is 4.31 Å². The molecule has 0 radical (unpaired) electrons. The highest BCUT2D eigenvalue weighted by Gasteiger charge is 2.22. The fourth-order valence-corrected chi connectivity index (χ4v) is 2.74. The van der Waals surface area contributed by atoms with Gasteiger partial charge in [0.25, 0.3) is 0 Å². The third-order valence-electron chi connectivity index (χ3n) is 3.24. The van der Waals surface area contributed by atoms with Crippen LogP contribution in [0.1, 0.15) is 5.56 Å². The van der Waals surface area contributed by atoms with Crippen LogP contribution in [0, 0.1) is 11.6 Å². The molecule has 128 valence electrons. The number of hydrogen-bond donors (Lipinski definition) is 1. The molecule has 2 aromatic rings. The average molecular weight is 354 g/mol. The summed E-state index contributed by atoms with van der Waals surface area (Å²) in [5, 5.41) is 2.30. The number of amides is 1. The van der Waals surface area contributed by atoms with Gasteiger partial charge in [-0.25, -0.2) is 17.2 Å². The molecule has 0 bridgehead atoms. The second-order valence-corrected chi connectivity index (χ2v) is 7.13. The van der Waals surface area contributed by atoms with E-state index in [0.717, 1.165) is 10.6 Å². The number of hydrogen-bond acceptors (Lipinski definition) is 3. The van der Waals surface area contributed by atoms with Crippen LogP contribution in [0.2, 0.25) is 0 Å². The van der Waals surface area contributed by atoms with Gasteiger partial charge in [-0.2, -0.15) is 4.31 Å². The number of nitrogens with zero attached hydrogens (tertiary/aromatic N) is 1. The molecule has 0 aliphatic rings. The van der Waals surface area contributed by atoms with Crippen molar-refractivity contribution in [2.24, 2.45) is 0 Å². The van der Waals surface area contributed by atoms with Gasteiger partial charge in [0.1, 0.15) is 11.6 Å². The Morgan fingerprint density at radius 3 is 2.21 bits per heavy atom. The lowest BCUT2D eigenvalue weighted by Crippen LogP contribution is -2.37. The summed E-state index contributed by atoms with van der Waals surface area (Å²) in [4.78, 5) is 12.0. The van der Waals surface area contributed by atoms with Crippen LogP contribution in [-0.2, 0) is 21.4 Å². The minimum Gasteiger partial charge on any atom is -0.322 e. The molecule has 0 aliphatic carbocycles. The maximum atomic E-state index is 13.7. The van der Waals surface area contributed by atoms with Crippen LogP contribution < -0.4 is 5.32 Å². The van der Waals surface area contributed by atoms with E-state index in [-0.39, 0.29) is 17.8 Å². The monoisotopic (exact) mass is 354 g/mol. The molecule has 2 aromatic carbocycles. The Morgan fingerprint density at radius 1 is 1.04 bits per heavy atom. The molecule has 0 saturated heterocycles. The van der Waals surface area contributed by atoms with Gasteiger partial charge >= 0.3 is 0 Å². The highest BCUT2D eigenvalue weighted by atomic mass is 32.2. The molecule has 0 aliphatic heterocycles. The minimum absolute atomic E-state index is 0.0538. The van der Waals surface area contributed by atoms with Crippen molar-refractivity contribution >= 4 is 21.6 Å². The Bertz CT molecular complexity index is 841. The summed E-state index contributed by atoms with van der Waals surface area (Å²) in [6.07, 6.45) is 0.921. The van der Waals surface area contributed by atoms with Gasteiger partial charge in [-0.1, -0.05) is 30.3 Å². The van der Waals surface area contributed by atoms with Crippen LogP contribution in [0.25, 0.3) is 0 Å². The summed E-state index contributed by atoms with van der Waals surface area (Å²) in [7, 11) is -3.77. The number of benzene rings is 2. The summed E-state index contributed by atoms with van der Waals surface area (Å²) in [6.45, 7) is -0.850. The van der Waals surface area contributed by atoms with Gasteiger partial charge in [-0.05, 0) is 18.2 Å². The van der Waals surface area contributed by atoms with E-state index in [1.165, 1.54) is 42.5 Å². The molecule has 5 nitrogen and oxygen atoms in total. The number of halogens is 2. The largest absolute Gasteiger partial charge is 0.322 e. The SMILES string of the molecule is CS(=O)(=O)N(CC(=O)Nc1ccccc1F)Cc1ccccc1F. The fraction of sp³-hybridized carbons (Fsp3) is 0.188. The first-order valence-corrected chi connectivity index (χ1v) is 8.85. The Morgan fingerprint density at radius 2 is 1.62 bits per heavy atom. The minimum atomic E-state index is -3.77. The summed E-state index contributed by atoms with van der Waals surface area (Å²) in [5.74, 6) is -1.92. The maximum Gasteiger partial charge on any atom is 0.239 e. The number of carbonyl (C=O) groups is 1. The molecule has 0 fully saturated rings. The van der Waals surface area contributed by atoms with Crippen molar-refractivity contribution in [3.05, 3.63) is 65.7 Å². The van der Waals surface area contributed by atoms with Crippen molar-refractivity contribution < 1.29 is 22.0 Å². The van der Waals surface area contributed by atoms with Gasteiger partial charge in [0.05, 0.1) is 18.5 Å². The zero-order valence-electron chi connectivity index (χ0n) is 12.9. The first kappa shape index (κ1) is 18.0. The Labute approximate surface area is 139 Å². The van der Waals surface area contributed by atoms with Crippen LogP contribution in [-0.4, -0.2) is 31.4 Å². The molecule has 2 rings (SSSR count). The van der Waals surface area contributed by atoms with E-state index in [0.29, 0.717) is 0 Å². The first-order chi connectivity index (χ1) is 11.3. The van der Waals surface area contributed by atoms with Gasteiger partial charge in [0.2, 0.25) is 15.9 Å². The number of nitrogens with one attached hydrogen (secondary N) is 1. The second-order valence-electron chi connectivity index (χ2n) is 5.15. The van der Waals surface area contributed by atoms with E-state index in [1.54, 1.807) is 6.07 Å². The lowest BCUT2D eigenvalue weighted by atomic mass is 10.2. The Balaban J connectivity index is 2.14. The number of rotatable bonds is 6. The standard InChI is InChI=1S/C16H16F2N2O3S/c1-24(22,23)20(10-12-6-2-3-7-13(12)17)11-16(21)19-15-9-5-4-8-14(15)18/h2-9H,10-11H2,1H3,(H,19,21). The van der Waals surface area contributed by atoms with Gasteiger partial charge < -0.3 is 5.32 Å². The average Bonchev–Trinajstić information content (AvgIpc) is 2.50. The zero-order chi connectivity index (χ0) is 17.7.